The Morgan fingerprint density at radius 1 is 1.11 bits per heavy atom. The van der Waals surface area contributed by atoms with Gasteiger partial charge in [0.1, 0.15) is 10.6 Å². The summed E-state index contributed by atoms with van der Waals surface area (Å²) in [5.41, 5.74) is 1.22. The van der Waals surface area contributed by atoms with Gasteiger partial charge < -0.3 is 9.64 Å². The van der Waals surface area contributed by atoms with E-state index in [4.69, 9.17) is 4.74 Å². The van der Waals surface area contributed by atoms with Gasteiger partial charge in [0.2, 0.25) is 10.0 Å². The SMILES string of the molecule is COc1ccc(C(=O)N(C)C2CC2)cc1S(=O)(=O)N(C)Cc1ccccc1. The van der Waals surface area contributed by atoms with Crippen LogP contribution in [0.1, 0.15) is 28.8 Å². The highest BCUT2D eigenvalue weighted by Crippen LogP contribution is 2.31. The van der Waals surface area contributed by atoms with Gasteiger partial charge >= 0.3 is 0 Å². The Morgan fingerprint density at radius 3 is 2.37 bits per heavy atom. The van der Waals surface area contributed by atoms with E-state index in [0.717, 1.165) is 18.4 Å². The average Bonchev–Trinajstić information content (AvgIpc) is 3.52. The molecule has 144 valence electrons. The van der Waals surface area contributed by atoms with Gasteiger partial charge in [-0.05, 0) is 36.6 Å². The number of methoxy groups -OCH3 is 1. The first-order chi connectivity index (χ1) is 12.8. The van der Waals surface area contributed by atoms with Crippen molar-refractivity contribution < 1.29 is 17.9 Å². The zero-order valence-electron chi connectivity index (χ0n) is 15.8. The van der Waals surface area contributed by atoms with Crippen molar-refractivity contribution >= 4 is 15.9 Å². The van der Waals surface area contributed by atoms with Gasteiger partial charge in [-0.1, -0.05) is 30.3 Å². The van der Waals surface area contributed by atoms with E-state index in [1.54, 1.807) is 18.0 Å². The van der Waals surface area contributed by atoms with Gasteiger partial charge in [-0.2, -0.15) is 4.31 Å². The minimum atomic E-state index is -3.83. The topological polar surface area (TPSA) is 66.9 Å². The van der Waals surface area contributed by atoms with Crippen LogP contribution in [0.3, 0.4) is 0 Å². The molecule has 0 N–H and O–H groups in total. The molecule has 1 aliphatic rings. The van der Waals surface area contributed by atoms with Crippen LogP contribution in [0.15, 0.2) is 53.4 Å². The molecular weight excluding hydrogens is 364 g/mol. The smallest absolute Gasteiger partial charge is 0.253 e. The Labute approximate surface area is 160 Å². The highest BCUT2D eigenvalue weighted by molar-refractivity contribution is 7.89. The zero-order valence-corrected chi connectivity index (χ0v) is 16.6. The second-order valence-corrected chi connectivity index (χ2v) is 8.77. The van der Waals surface area contributed by atoms with Crippen molar-refractivity contribution in [1.29, 1.82) is 0 Å². The summed E-state index contributed by atoms with van der Waals surface area (Å²) in [6.07, 6.45) is 1.98. The van der Waals surface area contributed by atoms with Crippen molar-refractivity contribution in [1.82, 2.24) is 9.21 Å². The molecule has 2 aromatic rings. The summed E-state index contributed by atoms with van der Waals surface area (Å²) < 4.78 is 32.8. The van der Waals surface area contributed by atoms with E-state index in [1.807, 2.05) is 30.3 Å². The van der Waals surface area contributed by atoms with Crippen molar-refractivity contribution in [3.8, 4) is 5.75 Å². The van der Waals surface area contributed by atoms with Gasteiger partial charge in [0.15, 0.2) is 0 Å². The summed E-state index contributed by atoms with van der Waals surface area (Å²) in [5, 5.41) is 0. The third-order valence-corrected chi connectivity index (χ3v) is 6.59. The van der Waals surface area contributed by atoms with Crippen molar-refractivity contribution in [3.63, 3.8) is 0 Å². The molecule has 1 saturated carbocycles. The molecule has 0 saturated heterocycles. The number of hydrogen-bond donors (Lipinski definition) is 0. The lowest BCUT2D eigenvalue weighted by Crippen LogP contribution is -2.30. The number of amides is 1. The second-order valence-electron chi connectivity index (χ2n) is 6.76. The number of hydrogen-bond acceptors (Lipinski definition) is 4. The maximum atomic E-state index is 13.1. The molecule has 0 heterocycles. The quantitative estimate of drug-likeness (QED) is 0.731. The van der Waals surface area contributed by atoms with Crippen molar-refractivity contribution in [2.45, 2.75) is 30.3 Å². The van der Waals surface area contributed by atoms with Crippen molar-refractivity contribution in [2.24, 2.45) is 0 Å². The molecule has 27 heavy (non-hydrogen) atoms. The molecule has 6 nitrogen and oxygen atoms in total. The van der Waals surface area contributed by atoms with Crippen LogP contribution in [0, 0.1) is 0 Å². The lowest BCUT2D eigenvalue weighted by molar-refractivity contribution is 0.0785. The molecule has 0 aromatic heterocycles. The molecule has 0 aliphatic heterocycles. The minimum Gasteiger partial charge on any atom is -0.495 e. The van der Waals surface area contributed by atoms with Crippen LogP contribution in [0.25, 0.3) is 0 Å². The van der Waals surface area contributed by atoms with Gasteiger partial charge in [-0.15, -0.1) is 0 Å². The molecule has 0 atom stereocenters. The largest absolute Gasteiger partial charge is 0.495 e. The summed E-state index contributed by atoms with van der Waals surface area (Å²) in [7, 11) is 0.862. The average molecular weight is 388 g/mol. The van der Waals surface area contributed by atoms with Gasteiger partial charge in [0.25, 0.3) is 5.91 Å². The number of ether oxygens (including phenoxy) is 1. The lowest BCUT2D eigenvalue weighted by atomic mass is 10.2. The summed E-state index contributed by atoms with van der Waals surface area (Å²) in [6, 6.07) is 14.2. The predicted octanol–water partition coefficient (Wildman–Crippen LogP) is 2.75. The minimum absolute atomic E-state index is 0.00141. The van der Waals surface area contributed by atoms with Crippen LogP contribution in [-0.4, -0.2) is 50.8 Å². The third kappa shape index (κ3) is 4.14. The van der Waals surface area contributed by atoms with Crippen LogP contribution in [0.5, 0.6) is 5.75 Å². The maximum absolute atomic E-state index is 13.1. The fourth-order valence-corrected chi connectivity index (χ4v) is 4.27. The molecule has 1 fully saturated rings. The van der Waals surface area contributed by atoms with E-state index in [9.17, 15) is 13.2 Å². The molecule has 1 amide bonds. The first-order valence-corrected chi connectivity index (χ1v) is 10.2. The predicted molar refractivity (Wildman–Crippen MR) is 103 cm³/mol. The summed E-state index contributed by atoms with van der Waals surface area (Å²) in [6.45, 7) is 0.229. The molecule has 0 radical (unpaired) electrons. The summed E-state index contributed by atoms with van der Waals surface area (Å²) in [5.74, 6) is 0.0443. The van der Waals surface area contributed by atoms with Gasteiger partial charge in [0, 0.05) is 32.2 Å². The summed E-state index contributed by atoms with van der Waals surface area (Å²) >= 11 is 0. The highest BCUT2D eigenvalue weighted by Gasteiger charge is 2.32. The normalized spacial score (nSPS) is 14.2. The zero-order chi connectivity index (χ0) is 19.6. The highest BCUT2D eigenvalue weighted by atomic mass is 32.2. The van der Waals surface area contributed by atoms with Crippen LogP contribution in [0.4, 0.5) is 0 Å². The Kier molecular flexibility index (Phi) is 5.53. The number of benzene rings is 2. The standard InChI is InChI=1S/C20H24N2O4S/c1-21(14-15-7-5-4-6-8-15)27(24,25)19-13-16(9-12-18(19)26-3)20(23)22(2)17-10-11-17/h4-9,12-13,17H,10-11,14H2,1-3H3. The molecular formula is C20H24N2O4S. The molecule has 3 rings (SSSR count). The van der Waals surface area contributed by atoms with Gasteiger partial charge in [-0.3, -0.25) is 4.79 Å². The second kappa shape index (κ2) is 7.70. The van der Waals surface area contributed by atoms with Crippen molar-refractivity contribution in [3.05, 3.63) is 59.7 Å². The Morgan fingerprint density at radius 2 is 1.78 bits per heavy atom. The van der Waals surface area contributed by atoms with E-state index in [2.05, 4.69) is 0 Å². The Balaban J connectivity index is 1.92. The van der Waals surface area contributed by atoms with Crippen LogP contribution >= 0.6 is 0 Å². The van der Waals surface area contributed by atoms with Crippen LogP contribution in [-0.2, 0) is 16.6 Å². The molecule has 2 aromatic carbocycles. The number of sulfonamides is 1. The van der Waals surface area contributed by atoms with Gasteiger partial charge in [0.05, 0.1) is 7.11 Å². The Bertz CT molecular complexity index is 924. The molecule has 7 heteroatoms. The van der Waals surface area contributed by atoms with Crippen molar-refractivity contribution in [2.75, 3.05) is 21.2 Å². The number of carbonyl (C=O) groups excluding carboxylic acids is 1. The van der Waals surface area contributed by atoms with E-state index in [-0.39, 0.29) is 29.1 Å². The first-order valence-electron chi connectivity index (χ1n) is 8.80. The number of nitrogens with zero attached hydrogens (tertiary/aromatic N) is 2. The summed E-state index contributed by atoms with van der Waals surface area (Å²) in [4.78, 5) is 14.3. The van der Waals surface area contributed by atoms with E-state index < -0.39 is 10.0 Å². The van der Waals surface area contributed by atoms with Crippen LogP contribution < -0.4 is 4.74 Å². The molecule has 1 aliphatic carbocycles. The van der Waals surface area contributed by atoms with Crippen LogP contribution in [0.2, 0.25) is 0 Å². The fourth-order valence-electron chi connectivity index (χ4n) is 2.94. The Hall–Kier alpha value is -2.38. The van der Waals surface area contributed by atoms with E-state index in [1.165, 1.54) is 30.6 Å². The van der Waals surface area contributed by atoms with Gasteiger partial charge in [-0.25, -0.2) is 8.42 Å². The first kappa shape index (κ1) is 19.4. The number of carbonyl (C=O) groups is 1. The molecule has 0 spiro atoms. The molecule has 0 bridgehead atoms. The lowest BCUT2D eigenvalue weighted by Gasteiger charge is -2.21. The van der Waals surface area contributed by atoms with E-state index in [0.29, 0.717) is 5.56 Å². The van der Waals surface area contributed by atoms with E-state index >= 15 is 0 Å². The third-order valence-electron chi connectivity index (χ3n) is 4.76. The maximum Gasteiger partial charge on any atom is 0.253 e. The molecule has 0 unspecified atom stereocenters. The fraction of sp³-hybridized carbons (Fsp3) is 0.350. The monoisotopic (exact) mass is 388 g/mol. The number of rotatable bonds is 7.